The van der Waals surface area contributed by atoms with Gasteiger partial charge >= 0.3 is 0 Å². The van der Waals surface area contributed by atoms with Gasteiger partial charge in [0.05, 0.1) is 16.0 Å². The predicted molar refractivity (Wildman–Crippen MR) is 106 cm³/mol. The smallest absolute Gasteiger partial charge is 0.270 e. The van der Waals surface area contributed by atoms with Crippen molar-refractivity contribution in [1.82, 2.24) is 9.97 Å². The largest absolute Gasteiger partial charge is 0.506 e. The molecule has 0 saturated heterocycles. The molecule has 4 aromatic rings. The highest BCUT2D eigenvalue weighted by Gasteiger charge is 2.16. The fraction of sp³-hybridized carbons (Fsp3) is 0.0526. The van der Waals surface area contributed by atoms with E-state index in [1.165, 1.54) is 29.8 Å². The van der Waals surface area contributed by atoms with Crippen molar-refractivity contribution in [2.45, 2.75) is 6.92 Å². The van der Waals surface area contributed by atoms with E-state index in [9.17, 15) is 15.2 Å². The third-order valence-corrected chi connectivity index (χ3v) is 5.03. The van der Waals surface area contributed by atoms with Crippen molar-refractivity contribution < 1.29 is 10.0 Å². The number of aromatic hydroxyl groups is 1. The highest BCUT2D eigenvalue weighted by Crippen LogP contribution is 2.39. The third kappa shape index (κ3) is 3.18. The van der Waals surface area contributed by atoms with Gasteiger partial charge in [-0.05, 0) is 30.2 Å². The van der Waals surface area contributed by atoms with Gasteiger partial charge < -0.3 is 10.4 Å². The number of nitrogens with one attached hydrogen (secondary N) is 1. The molecule has 0 saturated carbocycles. The number of phenols is 1. The van der Waals surface area contributed by atoms with E-state index >= 15 is 0 Å². The predicted octanol–water partition coefficient (Wildman–Crippen LogP) is 5.02. The van der Waals surface area contributed by atoms with Gasteiger partial charge in [0.1, 0.15) is 22.7 Å². The summed E-state index contributed by atoms with van der Waals surface area (Å²) in [6, 6.07) is 11.8. The molecule has 2 aromatic carbocycles. The maximum absolute atomic E-state index is 11.1. The summed E-state index contributed by atoms with van der Waals surface area (Å²) in [4.78, 5) is 20.1. The van der Waals surface area contributed by atoms with E-state index in [1.807, 2.05) is 24.4 Å². The quantitative estimate of drug-likeness (QED) is 0.294. The van der Waals surface area contributed by atoms with Crippen LogP contribution in [-0.2, 0) is 0 Å². The van der Waals surface area contributed by atoms with Gasteiger partial charge in [0, 0.05) is 23.1 Å². The zero-order valence-electron chi connectivity index (χ0n) is 14.2. The number of phenolic OH excluding ortho intramolecular Hbond substituents is 1. The number of anilines is 2. The maximum Gasteiger partial charge on any atom is 0.270 e. The summed E-state index contributed by atoms with van der Waals surface area (Å²) in [5, 5.41) is 27.1. The fourth-order valence-corrected chi connectivity index (χ4v) is 3.76. The molecule has 0 atom stereocenters. The number of nitro groups is 1. The number of hydrogen-bond donors (Lipinski definition) is 2. The minimum Gasteiger partial charge on any atom is -0.506 e. The van der Waals surface area contributed by atoms with Gasteiger partial charge in [0.2, 0.25) is 0 Å². The minimum atomic E-state index is -0.419. The normalized spacial score (nSPS) is 10.9. The number of thiophene rings is 1. The maximum atomic E-state index is 11.1. The van der Waals surface area contributed by atoms with E-state index in [4.69, 9.17) is 0 Å². The van der Waals surface area contributed by atoms with Crippen molar-refractivity contribution in [1.29, 1.82) is 0 Å². The van der Waals surface area contributed by atoms with Crippen molar-refractivity contribution in [3.63, 3.8) is 0 Å². The van der Waals surface area contributed by atoms with Gasteiger partial charge in [0.15, 0.2) is 0 Å². The Hall–Kier alpha value is -3.52. The summed E-state index contributed by atoms with van der Waals surface area (Å²) in [5.74, 6) is 0.649. The Balaban J connectivity index is 1.85. The zero-order chi connectivity index (χ0) is 19.0. The standard InChI is InChI=1S/C19H14N4O3S/c1-11-5-6-15(16(24)7-11)22-18-17-14(9-27-19(17)21-10-20-18)12-3-2-4-13(8-12)23(25)26/h2-10,24H,1H3,(H,20,21,22). The Morgan fingerprint density at radius 3 is 2.81 bits per heavy atom. The van der Waals surface area contributed by atoms with Crippen LogP contribution in [0.15, 0.2) is 54.2 Å². The Morgan fingerprint density at radius 2 is 2.04 bits per heavy atom. The molecule has 27 heavy (non-hydrogen) atoms. The molecule has 0 aliphatic carbocycles. The van der Waals surface area contributed by atoms with E-state index in [-0.39, 0.29) is 11.4 Å². The lowest BCUT2D eigenvalue weighted by molar-refractivity contribution is -0.384. The first-order valence-corrected chi connectivity index (χ1v) is 8.94. The molecule has 134 valence electrons. The second-order valence-electron chi connectivity index (χ2n) is 6.00. The van der Waals surface area contributed by atoms with Crippen LogP contribution >= 0.6 is 11.3 Å². The molecule has 0 radical (unpaired) electrons. The molecule has 0 spiro atoms. The zero-order valence-corrected chi connectivity index (χ0v) is 15.0. The second-order valence-corrected chi connectivity index (χ2v) is 6.86. The summed E-state index contributed by atoms with van der Waals surface area (Å²) in [6.07, 6.45) is 1.45. The van der Waals surface area contributed by atoms with Crippen LogP contribution in [0.4, 0.5) is 17.2 Å². The number of rotatable bonds is 4. The summed E-state index contributed by atoms with van der Waals surface area (Å²) < 4.78 is 0. The molecule has 4 rings (SSSR count). The number of aromatic nitrogens is 2. The molecule has 8 heteroatoms. The van der Waals surface area contributed by atoms with Crippen molar-refractivity contribution in [2.24, 2.45) is 0 Å². The molecule has 0 aliphatic rings. The third-order valence-electron chi connectivity index (χ3n) is 4.14. The Morgan fingerprint density at radius 1 is 1.19 bits per heavy atom. The second kappa shape index (κ2) is 6.65. The van der Waals surface area contributed by atoms with Gasteiger partial charge in [-0.3, -0.25) is 10.1 Å². The van der Waals surface area contributed by atoms with Crippen LogP contribution in [-0.4, -0.2) is 20.0 Å². The summed E-state index contributed by atoms with van der Waals surface area (Å²) in [5.41, 5.74) is 3.00. The lowest BCUT2D eigenvalue weighted by Gasteiger charge is -2.10. The number of non-ortho nitro benzene ring substituents is 1. The van der Waals surface area contributed by atoms with Crippen molar-refractivity contribution in [3.05, 3.63) is 69.8 Å². The average Bonchev–Trinajstić information content (AvgIpc) is 3.09. The number of fused-ring (bicyclic) bond motifs is 1. The van der Waals surface area contributed by atoms with Crippen LogP contribution in [0.2, 0.25) is 0 Å². The van der Waals surface area contributed by atoms with Crippen molar-refractivity contribution in [3.8, 4) is 16.9 Å². The number of nitro benzene ring substituents is 1. The molecule has 0 amide bonds. The Bertz CT molecular complexity index is 1170. The van der Waals surface area contributed by atoms with Crippen LogP contribution in [0, 0.1) is 17.0 Å². The lowest BCUT2D eigenvalue weighted by Crippen LogP contribution is -1.96. The van der Waals surface area contributed by atoms with Gasteiger partial charge in [-0.2, -0.15) is 0 Å². The summed E-state index contributed by atoms with van der Waals surface area (Å²) >= 11 is 1.43. The molecule has 0 unspecified atom stereocenters. The lowest BCUT2D eigenvalue weighted by atomic mass is 10.1. The van der Waals surface area contributed by atoms with Crippen LogP contribution in [0.5, 0.6) is 5.75 Å². The fourth-order valence-electron chi connectivity index (χ4n) is 2.84. The van der Waals surface area contributed by atoms with Crippen LogP contribution in [0.1, 0.15) is 5.56 Å². The molecular weight excluding hydrogens is 364 g/mol. The van der Waals surface area contributed by atoms with Gasteiger partial charge in [-0.15, -0.1) is 11.3 Å². The first kappa shape index (κ1) is 16.9. The molecule has 2 heterocycles. The van der Waals surface area contributed by atoms with Gasteiger partial charge in [0.25, 0.3) is 5.69 Å². The van der Waals surface area contributed by atoms with E-state index < -0.39 is 4.92 Å². The van der Waals surface area contributed by atoms with Gasteiger partial charge in [-0.25, -0.2) is 9.97 Å². The molecule has 2 aromatic heterocycles. The number of hydrogen-bond acceptors (Lipinski definition) is 7. The molecule has 0 bridgehead atoms. The highest BCUT2D eigenvalue weighted by molar-refractivity contribution is 7.17. The summed E-state index contributed by atoms with van der Waals surface area (Å²) in [6.45, 7) is 1.89. The van der Waals surface area contributed by atoms with E-state index in [2.05, 4.69) is 15.3 Å². The SMILES string of the molecule is Cc1ccc(Nc2ncnc3scc(-c4cccc([N+](=O)[O-])c4)c23)c(O)c1. The van der Waals surface area contributed by atoms with E-state index in [0.29, 0.717) is 17.1 Å². The van der Waals surface area contributed by atoms with Crippen LogP contribution in [0.3, 0.4) is 0 Å². The van der Waals surface area contributed by atoms with E-state index in [0.717, 1.165) is 21.3 Å². The minimum absolute atomic E-state index is 0.0226. The topological polar surface area (TPSA) is 101 Å². The Labute approximate surface area is 158 Å². The molecule has 7 nitrogen and oxygen atoms in total. The monoisotopic (exact) mass is 378 g/mol. The van der Waals surface area contributed by atoms with Crippen LogP contribution in [0.25, 0.3) is 21.3 Å². The number of aryl methyl sites for hydroxylation is 1. The highest BCUT2D eigenvalue weighted by atomic mass is 32.1. The van der Waals surface area contributed by atoms with Crippen molar-refractivity contribution >= 4 is 38.7 Å². The first-order valence-electron chi connectivity index (χ1n) is 8.06. The number of benzene rings is 2. The molecular formula is C19H14N4O3S. The Kier molecular flexibility index (Phi) is 4.17. The number of nitrogens with zero attached hydrogens (tertiary/aromatic N) is 3. The van der Waals surface area contributed by atoms with E-state index in [1.54, 1.807) is 18.2 Å². The average molecular weight is 378 g/mol. The molecule has 2 N–H and O–H groups in total. The van der Waals surface area contributed by atoms with Gasteiger partial charge in [-0.1, -0.05) is 18.2 Å². The van der Waals surface area contributed by atoms with Crippen molar-refractivity contribution in [2.75, 3.05) is 5.32 Å². The first-order chi connectivity index (χ1) is 13.0. The molecule has 0 aliphatic heterocycles. The van der Waals surface area contributed by atoms with Crippen LogP contribution < -0.4 is 5.32 Å². The summed E-state index contributed by atoms with van der Waals surface area (Å²) in [7, 11) is 0. The molecule has 0 fully saturated rings.